The molecule has 116 valence electrons. The SMILES string of the molecule is Cc1csc(N2CCCN(C(=O)Nc3ccccn3)CC2)n1. The molecule has 1 fully saturated rings. The van der Waals surface area contributed by atoms with Gasteiger partial charge in [0.25, 0.3) is 0 Å². The van der Waals surface area contributed by atoms with Gasteiger partial charge >= 0.3 is 6.03 Å². The third-order valence-corrected chi connectivity index (χ3v) is 4.58. The molecule has 0 spiro atoms. The molecule has 2 amide bonds. The fraction of sp³-hybridized carbons (Fsp3) is 0.400. The highest BCUT2D eigenvalue weighted by atomic mass is 32.1. The number of carbonyl (C=O) groups excluding carboxylic acids is 1. The molecule has 0 saturated carbocycles. The lowest BCUT2D eigenvalue weighted by molar-refractivity contribution is 0.215. The van der Waals surface area contributed by atoms with Crippen molar-refractivity contribution in [3.05, 3.63) is 35.5 Å². The molecule has 3 rings (SSSR count). The van der Waals surface area contributed by atoms with Gasteiger partial charge in [-0.1, -0.05) is 6.07 Å². The van der Waals surface area contributed by atoms with Gasteiger partial charge in [-0.25, -0.2) is 14.8 Å². The minimum Gasteiger partial charge on any atom is -0.346 e. The third kappa shape index (κ3) is 3.54. The van der Waals surface area contributed by atoms with Gasteiger partial charge in [0.2, 0.25) is 0 Å². The van der Waals surface area contributed by atoms with Crippen LogP contribution < -0.4 is 10.2 Å². The average molecular weight is 317 g/mol. The van der Waals surface area contributed by atoms with Crippen LogP contribution in [0.4, 0.5) is 15.7 Å². The van der Waals surface area contributed by atoms with E-state index in [1.165, 1.54) is 0 Å². The lowest BCUT2D eigenvalue weighted by Gasteiger charge is -2.21. The predicted molar refractivity (Wildman–Crippen MR) is 88.5 cm³/mol. The number of rotatable bonds is 2. The van der Waals surface area contributed by atoms with Crippen molar-refractivity contribution in [2.75, 3.05) is 36.4 Å². The summed E-state index contributed by atoms with van der Waals surface area (Å²) in [6.07, 6.45) is 2.61. The first-order chi connectivity index (χ1) is 10.7. The third-order valence-electron chi connectivity index (χ3n) is 3.56. The smallest absolute Gasteiger partial charge is 0.323 e. The van der Waals surface area contributed by atoms with Gasteiger partial charge in [0.15, 0.2) is 5.13 Å². The van der Waals surface area contributed by atoms with Gasteiger partial charge in [-0.05, 0) is 25.5 Å². The van der Waals surface area contributed by atoms with Crippen molar-refractivity contribution in [2.45, 2.75) is 13.3 Å². The Kier molecular flexibility index (Phi) is 4.53. The summed E-state index contributed by atoms with van der Waals surface area (Å²) in [5.74, 6) is 0.587. The molecular formula is C15H19N5OS. The largest absolute Gasteiger partial charge is 0.346 e. The van der Waals surface area contributed by atoms with Gasteiger partial charge in [0.1, 0.15) is 5.82 Å². The number of aryl methyl sites for hydroxylation is 1. The fourth-order valence-electron chi connectivity index (χ4n) is 2.42. The second-order valence-electron chi connectivity index (χ2n) is 5.24. The van der Waals surface area contributed by atoms with Crippen LogP contribution in [0.2, 0.25) is 0 Å². The zero-order valence-electron chi connectivity index (χ0n) is 12.5. The molecule has 0 bridgehead atoms. The van der Waals surface area contributed by atoms with E-state index in [0.29, 0.717) is 12.4 Å². The predicted octanol–water partition coefficient (Wildman–Crippen LogP) is 2.59. The van der Waals surface area contributed by atoms with Crippen LogP contribution in [0.1, 0.15) is 12.1 Å². The number of thiazole rings is 1. The van der Waals surface area contributed by atoms with Gasteiger partial charge in [0, 0.05) is 37.8 Å². The normalized spacial score (nSPS) is 15.5. The van der Waals surface area contributed by atoms with E-state index in [0.717, 1.165) is 36.9 Å². The Morgan fingerprint density at radius 3 is 2.91 bits per heavy atom. The monoisotopic (exact) mass is 317 g/mol. The van der Waals surface area contributed by atoms with Crippen molar-refractivity contribution in [3.63, 3.8) is 0 Å². The minimum absolute atomic E-state index is 0.0872. The van der Waals surface area contributed by atoms with Crippen molar-refractivity contribution in [3.8, 4) is 0 Å². The zero-order valence-corrected chi connectivity index (χ0v) is 13.3. The number of aromatic nitrogens is 2. The van der Waals surface area contributed by atoms with Gasteiger partial charge in [0.05, 0.1) is 5.69 Å². The first-order valence-corrected chi connectivity index (χ1v) is 8.24. The second-order valence-corrected chi connectivity index (χ2v) is 6.08. The molecule has 6 nitrogen and oxygen atoms in total. The summed E-state index contributed by atoms with van der Waals surface area (Å²) >= 11 is 1.66. The summed E-state index contributed by atoms with van der Waals surface area (Å²) < 4.78 is 0. The van der Waals surface area contributed by atoms with Crippen molar-refractivity contribution < 1.29 is 4.79 Å². The molecular weight excluding hydrogens is 298 g/mol. The molecule has 0 radical (unpaired) electrons. The Hall–Kier alpha value is -2.15. The fourth-order valence-corrected chi connectivity index (χ4v) is 3.28. The molecule has 1 aliphatic rings. The average Bonchev–Trinajstić information content (AvgIpc) is 2.82. The quantitative estimate of drug-likeness (QED) is 0.925. The van der Waals surface area contributed by atoms with E-state index in [1.54, 1.807) is 23.6 Å². The summed E-state index contributed by atoms with van der Waals surface area (Å²) in [6.45, 7) is 5.18. The molecule has 1 N–H and O–H groups in total. The maximum Gasteiger partial charge on any atom is 0.323 e. The molecule has 0 aromatic carbocycles. The van der Waals surface area contributed by atoms with Crippen LogP contribution in [0, 0.1) is 6.92 Å². The number of urea groups is 1. The molecule has 2 aromatic rings. The highest BCUT2D eigenvalue weighted by Crippen LogP contribution is 2.21. The summed E-state index contributed by atoms with van der Waals surface area (Å²) in [4.78, 5) is 25.1. The Bertz CT molecular complexity index is 630. The molecule has 0 atom stereocenters. The number of carbonyl (C=O) groups is 1. The highest BCUT2D eigenvalue weighted by Gasteiger charge is 2.20. The molecule has 1 aliphatic heterocycles. The van der Waals surface area contributed by atoms with Crippen LogP contribution in [0.3, 0.4) is 0 Å². The summed E-state index contributed by atoms with van der Waals surface area (Å²) in [5, 5.41) is 5.95. The standard InChI is InChI=1S/C15H19N5OS/c1-12-11-22-15(17-12)20-8-4-7-19(9-10-20)14(21)18-13-5-2-3-6-16-13/h2-3,5-6,11H,4,7-10H2,1H3,(H,16,18,21). The van der Waals surface area contributed by atoms with E-state index in [2.05, 4.69) is 25.6 Å². The number of hydrogen-bond acceptors (Lipinski definition) is 5. The Morgan fingerprint density at radius 1 is 1.27 bits per heavy atom. The number of pyridine rings is 1. The maximum absolute atomic E-state index is 12.3. The molecule has 2 aromatic heterocycles. The topological polar surface area (TPSA) is 61.4 Å². The number of hydrogen-bond donors (Lipinski definition) is 1. The first kappa shape index (κ1) is 14.8. The Balaban J connectivity index is 1.59. The molecule has 3 heterocycles. The van der Waals surface area contributed by atoms with Gasteiger partial charge in [-0.2, -0.15) is 0 Å². The lowest BCUT2D eigenvalue weighted by Crippen LogP contribution is -2.38. The van der Waals surface area contributed by atoms with Crippen LogP contribution in [0.25, 0.3) is 0 Å². The highest BCUT2D eigenvalue weighted by molar-refractivity contribution is 7.13. The van der Waals surface area contributed by atoms with Crippen molar-refractivity contribution in [1.82, 2.24) is 14.9 Å². The van der Waals surface area contributed by atoms with E-state index in [9.17, 15) is 4.79 Å². The first-order valence-electron chi connectivity index (χ1n) is 7.36. The summed E-state index contributed by atoms with van der Waals surface area (Å²) in [6, 6.07) is 5.39. The van der Waals surface area contributed by atoms with Crippen LogP contribution in [0.15, 0.2) is 29.8 Å². The maximum atomic E-state index is 12.3. The Labute approximate surface area is 133 Å². The number of anilines is 2. The number of nitrogens with one attached hydrogen (secondary N) is 1. The lowest BCUT2D eigenvalue weighted by atomic mass is 10.4. The van der Waals surface area contributed by atoms with Crippen molar-refractivity contribution in [1.29, 1.82) is 0 Å². The van der Waals surface area contributed by atoms with E-state index >= 15 is 0 Å². The van der Waals surface area contributed by atoms with E-state index in [-0.39, 0.29) is 6.03 Å². The van der Waals surface area contributed by atoms with Gasteiger partial charge in [-0.3, -0.25) is 5.32 Å². The minimum atomic E-state index is -0.0872. The number of amides is 2. The zero-order chi connectivity index (χ0) is 15.4. The van der Waals surface area contributed by atoms with Crippen LogP contribution in [-0.2, 0) is 0 Å². The van der Waals surface area contributed by atoms with Gasteiger partial charge in [-0.15, -0.1) is 11.3 Å². The van der Waals surface area contributed by atoms with E-state index in [1.807, 2.05) is 24.0 Å². The Morgan fingerprint density at radius 2 is 2.18 bits per heavy atom. The summed E-state index contributed by atoms with van der Waals surface area (Å²) in [7, 11) is 0. The molecule has 0 unspecified atom stereocenters. The van der Waals surface area contributed by atoms with E-state index < -0.39 is 0 Å². The van der Waals surface area contributed by atoms with Crippen LogP contribution >= 0.6 is 11.3 Å². The van der Waals surface area contributed by atoms with Gasteiger partial charge < -0.3 is 9.80 Å². The van der Waals surface area contributed by atoms with Crippen LogP contribution in [0.5, 0.6) is 0 Å². The molecule has 7 heteroatoms. The summed E-state index contributed by atoms with van der Waals surface area (Å²) in [5.41, 5.74) is 1.05. The van der Waals surface area contributed by atoms with Crippen molar-refractivity contribution in [2.24, 2.45) is 0 Å². The molecule has 1 saturated heterocycles. The molecule has 0 aliphatic carbocycles. The van der Waals surface area contributed by atoms with Crippen LogP contribution in [-0.4, -0.2) is 47.1 Å². The molecule has 22 heavy (non-hydrogen) atoms. The van der Waals surface area contributed by atoms with Crippen molar-refractivity contribution >= 4 is 28.3 Å². The van der Waals surface area contributed by atoms with E-state index in [4.69, 9.17) is 0 Å². The second kappa shape index (κ2) is 6.74. The number of nitrogens with zero attached hydrogens (tertiary/aromatic N) is 4.